The Balaban J connectivity index is 2.19. The van der Waals surface area contributed by atoms with E-state index in [0.29, 0.717) is 17.0 Å². The largest absolute Gasteiger partial charge is 0.289 e. The summed E-state index contributed by atoms with van der Waals surface area (Å²) in [5.74, 6) is -0.477. The fourth-order valence-corrected chi connectivity index (χ4v) is 2.80. The van der Waals surface area contributed by atoms with Crippen molar-refractivity contribution in [1.82, 2.24) is 10.0 Å². The fourth-order valence-electron chi connectivity index (χ4n) is 1.73. The van der Waals surface area contributed by atoms with Gasteiger partial charge in [-0.05, 0) is 24.6 Å². The molecule has 0 aliphatic carbocycles. The second-order valence-electron chi connectivity index (χ2n) is 4.31. The van der Waals surface area contributed by atoms with E-state index in [9.17, 15) is 9.18 Å². The van der Waals surface area contributed by atoms with Gasteiger partial charge in [-0.25, -0.2) is 14.4 Å². The van der Waals surface area contributed by atoms with Gasteiger partial charge in [-0.1, -0.05) is 12.1 Å². The van der Waals surface area contributed by atoms with Crippen LogP contribution >= 0.6 is 11.3 Å². The molecule has 0 unspecified atom stereocenters. The average molecular weight is 294 g/mol. The molecule has 1 heterocycles. The Morgan fingerprint density at radius 2 is 2.05 bits per heavy atom. The monoisotopic (exact) mass is 294 g/mol. The molecule has 0 saturated heterocycles. The van der Waals surface area contributed by atoms with E-state index >= 15 is 0 Å². The molecule has 4 nitrogen and oxygen atoms in total. The van der Waals surface area contributed by atoms with Gasteiger partial charge < -0.3 is 0 Å². The van der Waals surface area contributed by atoms with E-state index in [1.54, 1.807) is 26.1 Å². The van der Waals surface area contributed by atoms with Crippen LogP contribution in [0.4, 0.5) is 4.39 Å². The van der Waals surface area contributed by atoms with Crippen LogP contribution in [0.2, 0.25) is 0 Å². The zero-order valence-electron chi connectivity index (χ0n) is 11.5. The predicted octanol–water partition coefficient (Wildman–Crippen LogP) is 2.81. The Bertz CT molecular complexity index is 610. The van der Waals surface area contributed by atoms with Crippen LogP contribution in [0.3, 0.4) is 0 Å². The van der Waals surface area contributed by atoms with Crippen LogP contribution in [0.25, 0.3) is 0 Å². The summed E-state index contributed by atoms with van der Waals surface area (Å²) >= 11 is 1.33. The number of hydrogen-bond acceptors (Lipinski definition) is 4. The lowest BCUT2D eigenvalue weighted by Crippen LogP contribution is -2.25. The molecule has 20 heavy (non-hydrogen) atoms. The van der Waals surface area contributed by atoms with E-state index < -0.39 is 0 Å². The summed E-state index contributed by atoms with van der Waals surface area (Å²) in [5.41, 5.74) is 1.64. The van der Waals surface area contributed by atoms with Crippen molar-refractivity contribution >= 4 is 17.2 Å². The van der Waals surface area contributed by atoms with Gasteiger partial charge in [0.2, 0.25) is 0 Å². The van der Waals surface area contributed by atoms with E-state index in [0.717, 1.165) is 10.6 Å². The molecule has 1 aromatic carbocycles. The first-order valence-electron chi connectivity index (χ1n) is 6.04. The van der Waals surface area contributed by atoms with Crippen molar-refractivity contribution in [2.45, 2.75) is 13.3 Å². The standard InChI is InChI=1S/C14H15FN2O2S/c1-9-13(14(18)17(2)19-3)20-12(16-9)8-10-4-6-11(15)7-5-10/h4-7H,8H2,1-3H3. The van der Waals surface area contributed by atoms with Gasteiger partial charge in [-0.2, -0.15) is 0 Å². The maximum atomic E-state index is 12.9. The molecule has 0 fully saturated rings. The molecular weight excluding hydrogens is 279 g/mol. The average Bonchev–Trinajstić information content (AvgIpc) is 2.80. The molecule has 2 aromatic rings. The summed E-state index contributed by atoms with van der Waals surface area (Å²) in [7, 11) is 2.99. The van der Waals surface area contributed by atoms with Crippen molar-refractivity contribution in [2.75, 3.05) is 14.2 Å². The molecule has 6 heteroatoms. The minimum atomic E-state index is -0.262. The van der Waals surface area contributed by atoms with Crippen molar-refractivity contribution in [1.29, 1.82) is 0 Å². The third kappa shape index (κ3) is 3.20. The Morgan fingerprint density at radius 3 is 2.65 bits per heavy atom. The van der Waals surface area contributed by atoms with Crippen molar-refractivity contribution < 1.29 is 14.0 Å². The number of amides is 1. The number of thiazole rings is 1. The van der Waals surface area contributed by atoms with Crippen molar-refractivity contribution in [3.63, 3.8) is 0 Å². The topological polar surface area (TPSA) is 42.4 Å². The van der Waals surface area contributed by atoms with E-state index in [2.05, 4.69) is 4.98 Å². The minimum absolute atomic E-state index is 0.215. The summed E-state index contributed by atoms with van der Waals surface area (Å²) < 4.78 is 12.9. The highest BCUT2D eigenvalue weighted by Gasteiger charge is 2.19. The number of nitrogens with zero attached hydrogens (tertiary/aromatic N) is 2. The molecule has 0 saturated carbocycles. The number of carbonyl (C=O) groups excluding carboxylic acids is 1. The molecule has 1 amide bonds. The maximum Gasteiger partial charge on any atom is 0.289 e. The van der Waals surface area contributed by atoms with Crippen LogP contribution in [0.1, 0.15) is 25.9 Å². The number of halogens is 1. The highest BCUT2D eigenvalue weighted by atomic mass is 32.1. The molecule has 0 atom stereocenters. The van der Waals surface area contributed by atoms with Crippen LogP contribution in [-0.2, 0) is 11.3 Å². The highest BCUT2D eigenvalue weighted by molar-refractivity contribution is 7.13. The van der Waals surface area contributed by atoms with Crippen molar-refractivity contribution in [2.24, 2.45) is 0 Å². The molecule has 0 bridgehead atoms. The summed E-state index contributed by atoms with van der Waals surface area (Å²) in [6, 6.07) is 6.27. The van der Waals surface area contributed by atoms with Gasteiger partial charge in [0.1, 0.15) is 10.7 Å². The summed E-state index contributed by atoms with van der Waals surface area (Å²) in [5, 5.41) is 1.99. The van der Waals surface area contributed by atoms with Crippen LogP contribution in [0.5, 0.6) is 0 Å². The second-order valence-corrected chi connectivity index (χ2v) is 5.39. The summed E-state index contributed by atoms with van der Waals surface area (Å²) in [6.07, 6.45) is 0.579. The Hall–Kier alpha value is -1.79. The number of aryl methyl sites for hydroxylation is 1. The predicted molar refractivity (Wildman–Crippen MR) is 75.2 cm³/mol. The first-order chi connectivity index (χ1) is 9.51. The Morgan fingerprint density at radius 1 is 1.40 bits per heavy atom. The molecule has 0 aliphatic heterocycles. The normalized spacial score (nSPS) is 10.6. The number of hydrogen-bond donors (Lipinski definition) is 0. The number of benzene rings is 1. The first-order valence-corrected chi connectivity index (χ1v) is 6.86. The molecule has 0 N–H and O–H groups in total. The fraction of sp³-hybridized carbons (Fsp3) is 0.286. The SMILES string of the molecule is CON(C)C(=O)c1sc(Cc2ccc(F)cc2)nc1C. The lowest BCUT2D eigenvalue weighted by atomic mass is 10.1. The smallest absolute Gasteiger partial charge is 0.274 e. The molecule has 0 radical (unpaired) electrons. The molecule has 0 spiro atoms. The lowest BCUT2D eigenvalue weighted by molar-refractivity contribution is -0.0754. The molecule has 2 rings (SSSR count). The summed E-state index contributed by atoms with van der Waals surface area (Å²) in [6.45, 7) is 1.79. The number of carbonyl (C=O) groups is 1. The van der Waals surface area contributed by atoms with Crippen LogP contribution < -0.4 is 0 Å². The quantitative estimate of drug-likeness (QED) is 0.814. The Labute approximate surface area is 120 Å². The third-order valence-electron chi connectivity index (χ3n) is 2.86. The minimum Gasteiger partial charge on any atom is -0.274 e. The number of rotatable bonds is 4. The first kappa shape index (κ1) is 14.6. The van der Waals surface area contributed by atoms with Crippen LogP contribution in [0, 0.1) is 12.7 Å². The van der Waals surface area contributed by atoms with Crippen LogP contribution in [-0.4, -0.2) is 30.1 Å². The van der Waals surface area contributed by atoms with Gasteiger partial charge in [0, 0.05) is 13.5 Å². The van der Waals surface area contributed by atoms with Gasteiger partial charge in [0.05, 0.1) is 17.8 Å². The van der Waals surface area contributed by atoms with Gasteiger partial charge in [0.25, 0.3) is 5.91 Å². The van der Waals surface area contributed by atoms with Gasteiger partial charge in [0.15, 0.2) is 0 Å². The molecule has 1 aromatic heterocycles. The molecular formula is C14H15FN2O2S. The summed E-state index contributed by atoms with van der Waals surface area (Å²) in [4.78, 5) is 21.9. The maximum absolute atomic E-state index is 12.9. The lowest BCUT2D eigenvalue weighted by Gasteiger charge is -2.11. The second kappa shape index (κ2) is 6.11. The van der Waals surface area contributed by atoms with Crippen molar-refractivity contribution in [3.05, 3.63) is 51.2 Å². The molecule has 106 valence electrons. The van der Waals surface area contributed by atoms with Crippen LogP contribution in [0.15, 0.2) is 24.3 Å². The third-order valence-corrected chi connectivity index (χ3v) is 4.01. The van der Waals surface area contributed by atoms with E-state index in [4.69, 9.17) is 4.84 Å². The van der Waals surface area contributed by atoms with Crippen molar-refractivity contribution in [3.8, 4) is 0 Å². The van der Waals surface area contributed by atoms with Gasteiger partial charge in [-0.3, -0.25) is 9.63 Å². The highest BCUT2D eigenvalue weighted by Crippen LogP contribution is 2.22. The number of hydroxylamine groups is 2. The van der Waals surface area contributed by atoms with Gasteiger partial charge >= 0.3 is 0 Å². The molecule has 0 aliphatic rings. The van der Waals surface area contributed by atoms with Gasteiger partial charge in [-0.15, -0.1) is 11.3 Å². The Kier molecular flexibility index (Phi) is 4.46. The number of aromatic nitrogens is 1. The van der Waals surface area contributed by atoms with E-state index in [-0.39, 0.29) is 11.7 Å². The zero-order chi connectivity index (χ0) is 14.7. The zero-order valence-corrected chi connectivity index (χ0v) is 12.3. The van der Waals surface area contributed by atoms with E-state index in [1.165, 1.54) is 35.6 Å². The van der Waals surface area contributed by atoms with E-state index in [1.807, 2.05) is 0 Å².